The van der Waals surface area contributed by atoms with Crippen molar-refractivity contribution in [2.75, 3.05) is 19.7 Å². The lowest BCUT2D eigenvalue weighted by Gasteiger charge is -2.27. The fraction of sp³-hybridized carbons (Fsp3) is 0.474. The molecule has 0 amide bonds. The molecule has 1 saturated carbocycles. The first-order valence-corrected chi connectivity index (χ1v) is 8.73. The van der Waals surface area contributed by atoms with Gasteiger partial charge in [-0.3, -0.25) is 4.90 Å². The lowest BCUT2D eigenvalue weighted by molar-refractivity contribution is 0.217. The number of aromatic nitrogens is 2. The number of fused-ring (bicyclic) bond motifs is 1. The predicted octanol–water partition coefficient (Wildman–Crippen LogP) is 2.92. The summed E-state index contributed by atoms with van der Waals surface area (Å²) in [4.78, 5) is 7.09. The van der Waals surface area contributed by atoms with Crippen molar-refractivity contribution in [1.82, 2.24) is 14.5 Å². The lowest BCUT2D eigenvalue weighted by atomic mass is 10.1. The number of imidazole rings is 1. The van der Waals surface area contributed by atoms with Gasteiger partial charge in [-0.15, -0.1) is 0 Å². The number of nitrogens with zero attached hydrogens (tertiary/aromatic N) is 4. The third kappa shape index (κ3) is 3.29. The van der Waals surface area contributed by atoms with Crippen molar-refractivity contribution >= 4 is 0 Å². The van der Waals surface area contributed by atoms with Gasteiger partial charge in [-0.2, -0.15) is 5.26 Å². The number of hydrogen-bond acceptors (Lipinski definition) is 4. The Morgan fingerprint density at radius 3 is 2.83 bits per heavy atom. The summed E-state index contributed by atoms with van der Waals surface area (Å²) in [5.74, 6) is 0.832. The Bertz CT molecular complexity index is 740. The minimum atomic E-state index is 0.664. The first-order chi connectivity index (χ1) is 11.8. The van der Waals surface area contributed by atoms with E-state index in [2.05, 4.69) is 20.5 Å². The van der Waals surface area contributed by atoms with Crippen LogP contribution in [0.15, 0.2) is 30.6 Å². The summed E-state index contributed by atoms with van der Waals surface area (Å²) in [5.41, 5.74) is 3.39. The molecule has 24 heavy (non-hydrogen) atoms. The van der Waals surface area contributed by atoms with E-state index in [9.17, 15) is 0 Å². The summed E-state index contributed by atoms with van der Waals surface area (Å²) < 4.78 is 8.16. The molecule has 2 heterocycles. The van der Waals surface area contributed by atoms with E-state index in [-0.39, 0.29) is 0 Å². The smallest absolute Gasteiger partial charge is 0.119 e. The quantitative estimate of drug-likeness (QED) is 0.767. The summed E-state index contributed by atoms with van der Waals surface area (Å²) in [6.45, 7) is 3.81. The summed E-state index contributed by atoms with van der Waals surface area (Å²) in [7, 11) is 0. The van der Waals surface area contributed by atoms with Gasteiger partial charge < -0.3 is 9.30 Å². The van der Waals surface area contributed by atoms with E-state index in [0.717, 1.165) is 44.3 Å². The van der Waals surface area contributed by atoms with Gasteiger partial charge in [-0.25, -0.2) is 4.98 Å². The van der Waals surface area contributed by atoms with Gasteiger partial charge in [0.1, 0.15) is 5.75 Å². The fourth-order valence-electron chi connectivity index (χ4n) is 3.35. The van der Waals surface area contributed by atoms with Crippen molar-refractivity contribution in [3.8, 4) is 11.8 Å². The average Bonchev–Trinajstić information content (AvgIpc) is 3.38. The number of rotatable bonds is 6. The molecule has 2 aliphatic rings. The molecule has 0 bridgehead atoms. The topological polar surface area (TPSA) is 54.1 Å². The van der Waals surface area contributed by atoms with Crippen LogP contribution in [-0.4, -0.2) is 34.1 Å². The molecule has 0 N–H and O–H groups in total. The Kier molecular flexibility index (Phi) is 4.22. The van der Waals surface area contributed by atoms with Crippen LogP contribution in [0.5, 0.6) is 5.75 Å². The zero-order valence-electron chi connectivity index (χ0n) is 13.8. The summed E-state index contributed by atoms with van der Waals surface area (Å²) in [5, 5.41) is 8.79. The zero-order valence-corrected chi connectivity index (χ0v) is 13.8. The van der Waals surface area contributed by atoms with Crippen LogP contribution in [-0.2, 0) is 13.0 Å². The number of benzene rings is 1. The molecule has 0 spiro atoms. The number of nitriles is 1. The maximum Gasteiger partial charge on any atom is 0.119 e. The van der Waals surface area contributed by atoms with Crippen molar-refractivity contribution in [1.29, 1.82) is 5.26 Å². The molecule has 1 aliphatic heterocycles. The van der Waals surface area contributed by atoms with Crippen LogP contribution in [0.25, 0.3) is 0 Å². The minimum Gasteiger partial charge on any atom is -0.494 e. The first-order valence-electron chi connectivity index (χ1n) is 8.73. The molecule has 1 aliphatic carbocycles. The highest BCUT2D eigenvalue weighted by Gasteiger charge is 2.29. The summed E-state index contributed by atoms with van der Waals surface area (Å²) in [6.07, 6.45) is 6.79. The number of hydrogen-bond donors (Lipinski definition) is 0. The first kappa shape index (κ1) is 15.2. The lowest BCUT2D eigenvalue weighted by Crippen LogP contribution is -2.32. The monoisotopic (exact) mass is 322 g/mol. The number of ether oxygens (including phenoxy) is 1. The second-order valence-electron chi connectivity index (χ2n) is 6.64. The minimum absolute atomic E-state index is 0.664. The van der Waals surface area contributed by atoms with Crippen LogP contribution in [0.1, 0.15) is 42.3 Å². The van der Waals surface area contributed by atoms with Crippen molar-refractivity contribution in [2.24, 2.45) is 0 Å². The van der Waals surface area contributed by atoms with Gasteiger partial charge >= 0.3 is 0 Å². The molecule has 1 aromatic heterocycles. The molecule has 0 atom stereocenters. The van der Waals surface area contributed by atoms with E-state index < -0.39 is 0 Å². The van der Waals surface area contributed by atoms with Gasteiger partial charge in [0, 0.05) is 37.8 Å². The second-order valence-corrected chi connectivity index (χ2v) is 6.64. The van der Waals surface area contributed by atoms with Crippen LogP contribution < -0.4 is 4.74 Å². The highest BCUT2D eigenvalue weighted by Crippen LogP contribution is 2.37. The molecule has 1 aromatic carbocycles. The maximum atomic E-state index is 8.79. The zero-order chi connectivity index (χ0) is 16.4. The van der Waals surface area contributed by atoms with Gasteiger partial charge in [0.25, 0.3) is 0 Å². The van der Waals surface area contributed by atoms with Crippen molar-refractivity contribution < 1.29 is 4.74 Å². The Balaban J connectivity index is 1.23. The largest absolute Gasteiger partial charge is 0.494 e. The van der Waals surface area contributed by atoms with E-state index in [1.165, 1.54) is 24.2 Å². The third-order valence-corrected chi connectivity index (χ3v) is 4.83. The maximum absolute atomic E-state index is 8.79. The molecule has 1 fully saturated rings. The van der Waals surface area contributed by atoms with Gasteiger partial charge in [0.15, 0.2) is 0 Å². The molecule has 5 heteroatoms. The van der Waals surface area contributed by atoms with Crippen LogP contribution in [0.3, 0.4) is 0 Å². The fourth-order valence-corrected chi connectivity index (χ4v) is 3.35. The predicted molar refractivity (Wildman–Crippen MR) is 90.7 cm³/mol. The van der Waals surface area contributed by atoms with Gasteiger partial charge in [0.05, 0.1) is 30.3 Å². The normalized spacial score (nSPS) is 17.3. The Morgan fingerprint density at radius 1 is 1.25 bits per heavy atom. The average molecular weight is 322 g/mol. The van der Waals surface area contributed by atoms with Crippen molar-refractivity contribution in [2.45, 2.75) is 38.3 Å². The van der Waals surface area contributed by atoms with E-state index >= 15 is 0 Å². The molecule has 0 radical (unpaired) electrons. The van der Waals surface area contributed by atoms with Gasteiger partial charge in [-0.05, 0) is 43.5 Å². The molecule has 0 unspecified atom stereocenters. The van der Waals surface area contributed by atoms with Crippen LogP contribution >= 0.6 is 0 Å². The van der Waals surface area contributed by atoms with Gasteiger partial charge in [-0.1, -0.05) is 0 Å². The second kappa shape index (κ2) is 6.66. The Morgan fingerprint density at radius 2 is 2.08 bits per heavy atom. The molecule has 0 saturated heterocycles. The van der Waals surface area contributed by atoms with Crippen LogP contribution in [0.2, 0.25) is 0 Å². The van der Waals surface area contributed by atoms with E-state index in [1.54, 1.807) is 12.1 Å². The molecule has 5 nitrogen and oxygen atoms in total. The standard InChI is InChI=1S/C19H22N4O/c20-12-15-2-6-17(7-3-15)24-11-1-9-22-10-8-19-18(13-22)21-14-23(19)16-4-5-16/h2-3,6-7,14,16H,1,4-5,8-11,13H2. The molecule has 4 rings (SSSR count). The molecular weight excluding hydrogens is 300 g/mol. The van der Waals surface area contributed by atoms with E-state index in [0.29, 0.717) is 12.2 Å². The van der Waals surface area contributed by atoms with E-state index in [4.69, 9.17) is 10.00 Å². The highest BCUT2D eigenvalue weighted by atomic mass is 16.5. The Labute approximate surface area is 142 Å². The molecular formula is C19H22N4O. The summed E-state index contributed by atoms with van der Waals surface area (Å²) in [6, 6.07) is 10.1. The van der Waals surface area contributed by atoms with Gasteiger partial charge in [0.2, 0.25) is 0 Å². The molecule has 124 valence electrons. The summed E-state index contributed by atoms with van der Waals surface area (Å²) >= 11 is 0. The Hall–Kier alpha value is -2.32. The van der Waals surface area contributed by atoms with Crippen LogP contribution in [0, 0.1) is 11.3 Å². The molecule has 2 aromatic rings. The van der Waals surface area contributed by atoms with E-state index in [1.807, 2.05) is 18.5 Å². The van der Waals surface area contributed by atoms with Crippen molar-refractivity contribution in [3.63, 3.8) is 0 Å². The van der Waals surface area contributed by atoms with Crippen molar-refractivity contribution in [3.05, 3.63) is 47.5 Å². The highest BCUT2D eigenvalue weighted by molar-refractivity contribution is 5.34. The SMILES string of the molecule is N#Cc1ccc(OCCCN2CCc3c(ncn3C3CC3)C2)cc1. The third-order valence-electron chi connectivity index (χ3n) is 4.83. The van der Waals surface area contributed by atoms with Crippen LogP contribution in [0.4, 0.5) is 0 Å².